The molecule has 0 saturated carbocycles. The van der Waals surface area contributed by atoms with Crippen LogP contribution in [0.2, 0.25) is 0 Å². The van der Waals surface area contributed by atoms with Crippen LogP contribution in [0.4, 0.5) is 0 Å². The van der Waals surface area contributed by atoms with Gasteiger partial charge in [0.25, 0.3) is 0 Å². The zero-order valence-electron chi connectivity index (χ0n) is 10.2. The summed E-state index contributed by atoms with van der Waals surface area (Å²) < 4.78 is 0. The van der Waals surface area contributed by atoms with Crippen LogP contribution in [0.3, 0.4) is 0 Å². The Hall–Kier alpha value is -0.0800. The summed E-state index contributed by atoms with van der Waals surface area (Å²) in [5.74, 6) is 0.974. The van der Waals surface area contributed by atoms with Crippen molar-refractivity contribution in [2.75, 3.05) is 26.2 Å². The van der Waals surface area contributed by atoms with E-state index in [-0.39, 0.29) is 0 Å². The molecule has 1 N–H and O–H groups in total. The first-order chi connectivity index (χ1) is 7.40. The normalized spacial score (nSPS) is 35.0. The van der Waals surface area contributed by atoms with E-state index in [1.165, 1.54) is 64.7 Å². The maximum atomic E-state index is 3.59. The molecular weight excluding hydrogens is 184 g/mol. The minimum Gasteiger partial charge on any atom is -0.315 e. The second-order valence-corrected chi connectivity index (χ2v) is 5.27. The van der Waals surface area contributed by atoms with Crippen molar-refractivity contribution in [1.82, 2.24) is 10.2 Å². The Balaban J connectivity index is 1.84. The van der Waals surface area contributed by atoms with Gasteiger partial charge in [0.05, 0.1) is 0 Å². The van der Waals surface area contributed by atoms with Gasteiger partial charge in [-0.15, -0.1) is 0 Å². The Morgan fingerprint density at radius 1 is 1.20 bits per heavy atom. The van der Waals surface area contributed by atoms with Crippen LogP contribution >= 0.6 is 0 Å². The largest absolute Gasteiger partial charge is 0.315 e. The molecule has 2 heterocycles. The molecular formula is C13H26N2. The predicted molar refractivity (Wildman–Crippen MR) is 65.1 cm³/mol. The van der Waals surface area contributed by atoms with Crippen molar-refractivity contribution in [3.63, 3.8) is 0 Å². The molecule has 2 rings (SSSR count). The SMILES string of the molecule is CCC1CCCN(C2CCCCNC2)C1. The predicted octanol–water partition coefficient (Wildman–Crippen LogP) is 2.25. The summed E-state index contributed by atoms with van der Waals surface area (Å²) in [6, 6.07) is 0.835. The summed E-state index contributed by atoms with van der Waals surface area (Å²) in [4.78, 5) is 2.76. The Bertz CT molecular complexity index is 173. The molecule has 2 heteroatoms. The minimum absolute atomic E-state index is 0.835. The number of hydrogen-bond donors (Lipinski definition) is 1. The van der Waals surface area contributed by atoms with E-state index in [0.717, 1.165) is 12.0 Å². The minimum atomic E-state index is 0.835. The molecule has 2 nitrogen and oxygen atoms in total. The van der Waals surface area contributed by atoms with Crippen molar-refractivity contribution in [1.29, 1.82) is 0 Å². The molecule has 0 aromatic heterocycles. The average Bonchev–Trinajstić information content (AvgIpc) is 2.58. The third-order valence-electron chi connectivity index (χ3n) is 4.17. The maximum absolute atomic E-state index is 3.59. The molecule has 0 spiro atoms. The second kappa shape index (κ2) is 5.86. The van der Waals surface area contributed by atoms with Gasteiger partial charge < -0.3 is 5.32 Å². The van der Waals surface area contributed by atoms with E-state index < -0.39 is 0 Å². The number of likely N-dealkylation sites (tertiary alicyclic amines) is 1. The smallest absolute Gasteiger partial charge is 0.0220 e. The molecule has 2 aliphatic heterocycles. The van der Waals surface area contributed by atoms with Gasteiger partial charge in [-0.2, -0.15) is 0 Å². The lowest BCUT2D eigenvalue weighted by Gasteiger charge is -2.37. The summed E-state index contributed by atoms with van der Waals surface area (Å²) in [6.07, 6.45) is 8.48. The van der Waals surface area contributed by atoms with Gasteiger partial charge in [-0.25, -0.2) is 0 Å². The molecule has 0 aliphatic carbocycles. The van der Waals surface area contributed by atoms with Crippen LogP contribution in [0, 0.1) is 5.92 Å². The summed E-state index contributed by atoms with van der Waals surface area (Å²) in [7, 11) is 0. The lowest BCUT2D eigenvalue weighted by molar-refractivity contribution is 0.116. The molecule has 0 amide bonds. The number of nitrogens with one attached hydrogen (secondary N) is 1. The average molecular weight is 210 g/mol. The molecule has 0 radical (unpaired) electrons. The van der Waals surface area contributed by atoms with Crippen molar-refractivity contribution >= 4 is 0 Å². The monoisotopic (exact) mass is 210 g/mol. The van der Waals surface area contributed by atoms with Crippen LogP contribution in [0.15, 0.2) is 0 Å². The van der Waals surface area contributed by atoms with Gasteiger partial charge in [-0.05, 0) is 44.7 Å². The van der Waals surface area contributed by atoms with E-state index in [1.807, 2.05) is 0 Å². The van der Waals surface area contributed by atoms with Crippen molar-refractivity contribution in [2.45, 2.75) is 51.5 Å². The highest BCUT2D eigenvalue weighted by molar-refractivity contribution is 4.81. The maximum Gasteiger partial charge on any atom is 0.0220 e. The number of piperidine rings is 1. The van der Waals surface area contributed by atoms with E-state index in [1.54, 1.807) is 0 Å². The molecule has 2 aliphatic rings. The third kappa shape index (κ3) is 3.18. The van der Waals surface area contributed by atoms with Crippen LogP contribution < -0.4 is 5.32 Å². The van der Waals surface area contributed by atoms with Gasteiger partial charge >= 0.3 is 0 Å². The van der Waals surface area contributed by atoms with Gasteiger partial charge in [0.15, 0.2) is 0 Å². The Morgan fingerprint density at radius 3 is 3.00 bits per heavy atom. The van der Waals surface area contributed by atoms with Crippen LogP contribution in [0.1, 0.15) is 45.4 Å². The first-order valence-corrected chi connectivity index (χ1v) is 6.85. The van der Waals surface area contributed by atoms with Crippen LogP contribution in [0.5, 0.6) is 0 Å². The van der Waals surface area contributed by atoms with Gasteiger partial charge in [-0.3, -0.25) is 4.90 Å². The summed E-state index contributed by atoms with van der Waals surface area (Å²) >= 11 is 0. The van der Waals surface area contributed by atoms with Crippen molar-refractivity contribution < 1.29 is 0 Å². The zero-order valence-corrected chi connectivity index (χ0v) is 10.2. The molecule has 0 bridgehead atoms. The van der Waals surface area contributed by atoms with Gasteiger partial charge in [-0.1, -0.05) is 19.8 Å². The van der Waals surface area contributed by atoms with Crippen LogP contribution in [-0.2, 0) is 0 Å². The quantitative estimate of drug-likeness (QED) is 0.752. The number of hydrogen-bond acceptors (Lipinski definition) is 2. The molecule has 0 aromatic carbocycles. The van der Waals surface area contributed by atoms with Gasteiger partial charge in [0.2, 0.25) is 0 Å². The summed E-state index contributed by atoms with van der Waals surface area (Å²) in [5, 5.41) is 3.59. The number of nitrogens with zero attached hydrogens (tertiary/aromatic N) is 1. The van der Waals surface area contributed by atoms with Crippen molar-refractivity contribution in [2.24, 2.45) is 5.92 Å². The van der Waals surface area contributed by atoms with Crippen LogP contribution in [-0.4, -0.2) is 37.1 Å². The Labute approximate surface area is 94.4 Å². The van der Waals surface area contributed by atoms with Crippen molar-refractivity contribution in [3.05, 3.63) is 0 Å². The van der Waals surface area contributed by atoms with E-state index in [2.05, 4.69) is 17.1 Å². The number of rotatable bonds is 2. The molecule has 15 heavy (non-hydrogen) atoms. The first kappa shape index (κ1) is 11.4. The fraction of sp³-hybridized carbons (Fsp3) is 1.00. The lowest BCUT2D eigenvalue weighted by atomic mass is 9.94. The first-order valence-electron chi connectivity index (χ1n) is 6.85. The molecule has 2 atom stereocenters. The zero-order chi connectivity index (χ0) is 10.5. The molecule has 2 fully saturated rings. The summed E-state index contributed by atoms with van der Waals surface area (Å²) in [5.41, 5.74) is 0. The van der Waals surface area contributed by atoms with E-state index >= 15 is 0 Å². The molecule has 2 saturated heterocycles. The van der Waals surface area contributed by atoms with E-state index in [9.17, 15) is 0 Å². The fourth-order valence-corrected chi connectivity index (χ4v) is 3.07. The van der Waals surface area contributed by atoms with Crippen LogP contribution in [0.25, 0.3) is 0 Å². The molecule has 0 aromatic rings. The lowest BCUT2D eigenvalue weighted by Crippen LogP contribution is -2.46. The van der Waals surface area contributed by atoms with E-state index in [4.69, 9.17) is 0 Å². The highest BCUT2D eigenvalue weighted by atomic mass is 15.2. The Kier molecular flexibility index (Phi) is 4.45. The second-order valence-electron chi connectivity index (χ2n) is 5.27. The fourth-order valence-electron chi connectivity index (χ4n) is 3.07. The molecule has 88 valence electrons. The highest BCUT2D eigenvalue weighted by Gasteiger charge is 2.25. The van der Waals surface area contributed by atoms with Gasteiger partial charge in [0, 0.05) is 19.1 Å². The van der Waals surface area contributed by atoms with E-state index in [0.29, 0.717) is 0 Å². The third-order valence-corrected chi connectivity index (χ3v) is 4.17. The standard InChI is InChI=1S/C13H26N2/c1-2-12-6-5-9-15(11-12)13-7-3-4-8-14-10-13/h12-14H,2-11H2,1H3. The molecule has 2 unspecified atom stereocenters. The summed E-state index contributed by atoms with van der Waals surface area (Å²) in [6.45, 7) is 7.53. The van der Waals surface area contributed by atoms with Crippen molar-refractivity contribution in [3.8, 4) is 0 Å². The highest BCUT2D eigenvalue weighted by Crippen LogP contribution is 2.23. The van der Waals surface area contributed by atoms with Gasteiger partial charge in [0.1, 0.15) is 0 Å². The topological polar surface area (TPSA) is 15.3 Å². The Morgan fingerprint density at radius 2 is 2.13 bits per heavy atom.